The average molecular weight is 426 g/mol. The van der Waals surface area contributed by atoms with Crippen LogP contribution in [-0.4, -0.2) is 44.7 Å². The van der Waals surface area contributed by atoms with E-state index in [9.17, 15) is 18.4 Å². The highest BCUT2D eigenvalue weighted by molar-refractivity contribution is 6.03. The van der Waals surface area contributed by atoms with E-state index in [-0.39, 0.29) is 36.0 Å². The molecule has 160 valence electrons. The summed E-state index contributed by atoms with van der Waals surface area (Å²) < 4.78 is 29.5. The number of hydrogen-bond donors (Lipinski definition) is 2. The van der Waals surface area contributed by atoms with Crippen molar-refractivity contribution in [2.45, 2.75) is 37.0 Å². The molecule has 0 bridgehead atoms. The van der Waals surface area contributed by atoms with Crippen LogP contribution in [0.1, 0.15) is 41.2 Å². The van der Waals surface area contributed by atoms with Crippen LogP contribution in [0.3, 0.4) is 0 Å². The lowest BCUT2D eigenvalue weighted by Crippen LogP contribution is -2.46. The van der Waals surface area contributed by atoms with Crippen LogP contribution in [0.4, 0.5) is 14.6 Å². The standard InChI is InChI=1S/C21H20F2N6O2/c22-13-3-1-2-12(8-13)16-9-14(23)11-28(16)17-4-7-29-18(26-17)15(10-25-29)19(30)27-21(5-6-21)20(24)31/h1-4,7-8,10,14,16H,5-6,9,11H2,(H2,24,31)(H,27,30). The first-order valence-corrected chi connectivity index (χ1v) is 9.99. The molecule has 1 aromatic carbocycles. The fourth-order valence-corrected chi connectivity index (χ4v) is 4.09. The Kier molecular flexibility index (Phi) is 4.38. The van der Waals surface area contributed by atoms with Crippen LogP contribution in [0.2, 0.25) is 0 Å². The quantitative estimate of drug-likeness (QED) is 0.648. The highest BCUT2D eigenvalue weighted by atomic mass is 19.1. The van der Waals surface area contributed by atoms with Gasteiger partial charge >= 0.3 is 0 Å². The number of anilines is 1. The lowest BCUT2D eigenvalue weighted by Gasteiger charge is -2.25. The molecule has 8 nitrogen and oxygen atoms in total. The van der Waals surface area contributed by atoms with Crippen LogP contribution in [0.25, 0.3) is 5.65 Å². The topological polar surface area (TPSA) is 106 Å². The highest BCUT2D eigenvalue weighted by Crippen LogP contribution is 2.37. The van der Waals surface area contributed by atoms with E-state index in [0.717, 1.165) is 0 Å². The molecule has 10 heteroatoms. The van der Waals surface area contributed by atoms with Gasteiger partial charge in [-0.1, -0.05) is 12.1 Å². The number of amides is 2. The number of halogens is 2. The van der Waals surface area contributed by atoms with Crippen molar-refractivity contribution in [3.8, 4) is 0 Å². The van der Waals surface area contributed by atoms with Gasteiger partial charge in [-0.2, -0.15) is 5.10 Å². The molecule has 3 aromatic rings. The van der Waals surface area contributed by atoms with Gasteiger partial charge in [-0.25, -0.2) is 18.3 Å². The Balaban J connectivity index is 1.48. The number of nitrogens with two attached hydrogens (primary N) is 1. The number of fused-ring (bicyclic) bond motifs is 1. The zero-order valence-electron chi connectivity index (χ0n) is 16.5. The van der Waals surface area contributed by atoms with E-state index in [2.05, 4.69) is 15.4 Å². The zero-order valence-corrected chi connectivity index (χ0v) is 16.5. The molecule has 2 unspecified atom stereocenters. The van der Waals surface area contributed by atoms with E-state index in [1.807, 2.05) is 0 Å². The van der Waals surface area contributed by atoms with Crippen LogP contribution < -0.4 is 16.0 Å². The summed E-state index contributed by atoms with van der Waals surface area (Å²) in [5.41, 5.74) is 5.50. The summed E-state index contributed by atoms with van der Waals surface area (Å²) in [4.78, 5) is 30.7. The Morgan fingerprint density at radius 2 is 2.06 bits per heavy atom. The van der Waals surface area contributed by atoms with Crippen molar-refractivity contribution in [2.75, 3.05) is 11.4 Å². The summed E-state index contributed by atoms with van der Waals surface area (Å²) in [7, 11) is 0. The summed E-state index contributed by atoms with van der Waals surface area (Å²) in [6.07, 6.45) is 3.10. The molecule has 0 radical (unpaired) electrons. The van der Waals surface area contributed by atoms with E-state index in [0.29, 0.717) is 24.2 Å². The van der Waals surface area contributed by atoms with Crippen molar-refractivity contribution >= 4 is 23.3 Å². The molecule has 31 heavy (non-hydrogen) atoms. The minimum atomic E-state index is -1.09. The minimum Gasteiger partial charge on any atom is -0.368 e. The summed E-state index contributed by atoms with van der Waals surface area (Å²) in [5, 5.41) is 6.82. The average Bonchev–Trinajstić information content (AvgIpc) is 3.23. The molecule has 2 amide bonds. The molecule has 2 atom stereocenters. The van der Waals surface area contributed by atoms with Crippen molar-refractivity contribution in [3.05, 3.63) is 59.7 Å². The summed E-state index contributed by atoms with van der Waals surface area (Å²) in [6, 6.07) is 7.38. The van der Waals surface area contributed by atoms with Crippen LogP contribution in [0.5, 0.6) is 0 Å². The molecule has 1 aliphatic heterocycles. The first-order chi connectivity index (χ1) is 14.9. The Morgan fingerprint density at radius 3 is 2.77 bits per heavy atom. The van der Waals surface area contributed by atoms with E-state index >= 15 is 0 Å². The van der Waals surface area contributed by atoms with Crippen molar-refractivity contribution in [3.63, 3.8) is 0 Å². The van der Waals surface area contributed by atoms with Gasteiger partial charge in [0.2, 0.25) is 5.91 Å². The van der Waals surface area contributed by atoms with Crippen molar-refractivity contribution in [2.24, 2.45) is 5.73 Å². The lowest BCUT2D eigenvalue weighted by atomic mass is 10.0. The SMILES string of the molecule is NC(=O)C1(NC(=O)c2cnn3ccc(N4CC(F)CC4c4cccc(F)c4)nc23)CC1. The molecule has 0 spiro atoms. The molecule has 2 aliphatic rings. The second-order valence-electron chi connectivity index (χ2n) is 8.07. The van der Waals surface area contributed by atoms with Crippen molar-refractivity contribution in [1.82, 2.24) is 19.9 Å². The normalized spacial score (nSPS) is 21.9. The fraction of sp³-hybridized carbons (Fsp3) is 0.333. The lowest BCUT2D eigenvalue weighted by molar-refractivity contribution is -0.120. The van der Waals surface area contributed by atoms with Gasteiger partial charge in [0.05, 0.1) is 18.8 Å². The largest absolute Gasteiger partial charge is 0.368 e. The maximum absolute atomic E-state index is 14.3. The third-order valence-corrected chi connectivity index (χ3v) is 5.95. The first kappa shape index (κ1) is 19.4. The molecule has 1 saturated heterocycles. The molecule has 5 rings (SSSR count). The van der Waals surface area contributed by atoms with E-state index < -0.39 is 23.5 Å². The smallest absolute Gasteiger partial charge is 0.257 e. The van der Waals surface area contributed by atoms with Gasteiger partial charge in [-0.15, -0.1) is 0 Å². The molecule has 3 N–H and O–H groups in total. The third-order valence-electron chi connectivity index (χ3n) is 5.95. The second-order valence-corrected chi connectivity index (χ2v) is 8.07. The number of carbonyl (C=O) groups excluding carboxylic acids is 2. The Labute approximate surface area is 176 Å². The minimum absolute atomic E-state index is 0.102. The number of carbonyl (C=O) groups is 2. The van der Waals surface area contributed by atoms with E-state index in [4.69, 9.17) is 5.73 Å². The number of hydrogen-bond acceptors (Lipinski definition) is 5. The number of alkyl halides is 1. The molecular formula is C21H20F2N6O2. The Bertz CT molecular complexity index is 1190. The van der Waals surface area contributed by atoms with Gasteiger partial charge in [0.25, 0.3) is 5.91 Å². The number of primary amides is 1. The number of rotatable bonds is 5. The van der Waals surface area contributed by atoms with Gasteiger partial charge in [-0.05, 0) is 36.6 Å². The fourth-order valence-electron chi connectivity index (χ4n) is 4.09. The Hall–Kier alpha value is -3.56. The van der Waals surface area contributed by atoms with Gasteiger partial charge in [-0.3, -0.25) is 9.59 Å². The second kappa shape index (κ2) is 7.00. The number of aromatic nitrogens is 3. The summed E-state index contributed by atoms with van der Waals surface area (Å²) >= 11 is 0. The maximum Gasteiger partial charge on any atom is 0.257 e. The molecule has 2 fully saturated rings. The third kappa shape index (κ3) is 3.37. The summed E-state index contributed by atoms with van der Waals surface area (Å²) in [6.45, 7) is 0.102. The van der Waals surface area contributed by atoms with E-state index in [1.165, 1.54) is 22.8 Å². The molecular weight excluding hydrogens is 406 g/mol. The van der Waals surface area contributed by atoms with Crippen LogP contribution in [0.15, 0.2) is 42.7 Å². The van der Waals surface area contributed by atoms with Gasteiger partial charge in [0, 0.05) is 12.6 Å². The van der Waals surface area contributed by atoms with Gasteiger partial charge < -0.3 is 16.0 Å². The monoisotopic (exact) mass is 426 g/mol. The predicted octanol–water partition coefficient (Wildman–Crippen LogP) is 1.91. The molecule has 3 heterocycles. The van der Waals surface area contributed by atoms with Gasteiger partial charge in [0.1, 0.15) is 28.9 Å². The van der Waals surface area contributed by atoms with Crippen molar-refractivity contribution < 1.29 is 18.4 Å². The van der Waals surface area contributed by atoms with Crippen LogP contribution >= 0.6 is 0 Å². The van der Waals surface area contributed by atoms with Crippen molar-refractivity contribution in [1.29, 1.82) is 0 Å². The van der Waals surface area contributed by atoms with Crippen LogP contribution in [-0.2, 0) is 4.79 Å². The highest BCUT2D eigenvalue weighted by Gasteiger charge is 2.50. The predicted molar refractivity (Wildman–Crippen MR) is 108 cm³/mol. The summed E-state index contributed by atoms with van der Waals surface area (Å²) in [5.74, 6) is -1.01. The van der Waals surface area contributed by atoms with Crippen LogP contribution in [0, 0.1) is 5.82 Å². The number of nitrogens with one attached hydrogen (secondary N) is 1. The molecule has 1 aliphatic carbocycles. The number of nitrogens with zero attached hydrogens (tertiary/aromatic N) is 4. The first-order valence-electron chi connectivity index (χ1n) is 9.99. The molecule has 1 saturated carbocycles. The molecule has 2 aromatic heterocycles. The zero-order chi connectivity index (χ0) is 21.8. The number of benzene rings is 1. The van der Waals surface area contributed by atoms with E-state index in [1.54, 1.807) is 29.3 Å². The Morgan fingerprint density at radius 1 is 1.26 bits per heavy atom. The van der Waals surface area contributed by atoms with Gasteiger partial charge in [0.15, 0.2) is 5.65 Å². The maximum atomic E-state index is 14.3.